The van der Waals surface area contributed by atoms with Gasteiger partial charge in [-0.2, -0.15) is 5.10 Å². The maximum absolute atomic E-state index is 12.0. The molecule has 0 aliphatic heterocycles. The number of rotatable bonds is 3. The Hall–Kier alpha value is -0.400. The van der Waals surface area contributed by atoms with Gasteiger partial charge in [0.25, 0.3) is 10.0 Å². The van der Waals surface area contributed by atoms with Gasteiger partial charge in [0.2, 0.25) is 0 Å². The van der Waals surface area contributed by atoms with Crippen LogP contribution in [0.3, 0.4) is 0 Å². The quantitative estimate of drug-likeness (QED) is 0.848. The lowest BCUT2D eigenvalue weighted by atomic mass is 10.3. The average molecular weight is 308 g/mol. The molecule has 2 atom stereocenters. The molecule has 0 saturated heterocycles. The van der Waals surface area contributed by atoms with Gasteiger partial charge in [0.05, 0.1) is 6.20 Å². The molecule has 7 heteroatoms. The number of hydrogen-bond donors (Lipinski definition) is 1. The monoisotopic (exact) mass is 307 g/mol. The lowest BCUT2D eigenvalue weighted by Gasteiger charge is -2.16. The molecular weight excluding hydrogens is 294 g/mol. The Kier molecular flexibility index (Phi) is 3.37. The van der Waals surface area contributed by atoms with Crippen LogP contribution in [0.2, 0.25) is 0 Å². The van der Waals surface area contributed by atoms with Crippen LogP contribution >= 0.6 is 15.9 Å². The first-order chi connectivity index (χ1) is 7.50. The molecule has 16 heavy (non-hydrogen) atoms. The summed E-state index contributed by atoms with van der Waals surface area (Å²) < 4.78 is 28.1. The Morgan fingerprint density at radius 1 is 1.56 bits per heavy atom. The fourth-order valence-corrected chi connectivity index (χ4v) is 4.26. The highest BCUT2D eigenvalue weighted by atomic mass is 79.9. The van der Waals surface area contributed by atoms with E-state index in [4.69, 9.17) is 0 Å². The van der Waals surface area contributed by atoms with Crippen LogP contribution in [0.15, 0.2) is 17.3 Å². The standard InChI is InChI=1S/C9H14BrN3O2S/c1-13-9(5-6-11-13)16(14,15)12-8-4-2-3-7(8)10/h5-8,12H,2-4H2,1H3. The first-order valence-electron chi connectivity index (χ1n) is 5.15. The summed E-state index contributed by atoms with van der Waals surface area (Å²) in [6, 6.07) is 1.49. The van der Waals surface area contributed by atoms with Crippen molar-refractivity contribution in [2.45, 2.75) is 35.2 Å². The van der Waals surface area contributed by atoms with Crippen LogP contribution in [0.1, 0.15) is 19.3 Å². The minimum absolute atomic E-state index is 0.0140. The second kappa shape index (κ2) is 4.46. The summed E-state index contributed by atoms with van der Waals surface area (Å²) in [6.45, 7) is 0. The van der Waals surface area contributed by atoms with Gasteiger partial charge in [-0.05, 0) is 18.9 Å². The molecule has 1 fully saturated rings. The summed E-state index contributed by atoms with van der Waals surface area (Å²) in [5, 5.41) is 4.07. The van der Waals surface area contributed by atoms with Crippen molar-refractivity contribution in [2.75, 3.05) is 0 Å². The van der Waals surface area contributed by atoms with Gasteiger partial charge in [-0.15, -0.1) is 0 Å². The SMILES string of the molecule is Cn1nccc1S(=O)(=O)NC1CCCC1Br. The minimum atomic E-state index is -3.44. The molecule has 1 N–H and O–H groups in total. The van der Waals surface area contributed by atoms with Crippen molar-refractivity contribution in [1.29, 1.82) is 0 Å². The van der Waals surface area contributed by atoms with Gasteiger partial charge in [0.1, 0.15) is 0 Å². The summed E-state index contributed by atoms with van der Waals surface area (Å²) in [7, 11) is -1.82. The Balaban J connectivity index is 2.18. The van der Waals surface area contributed by atoms with Crippen molar-refractivity contribution in [1.82, 2.24) is 14.5 Å². The van der Waals surface area contributed by atoms with E-state index in [1.54, 1.807) is 7.05 Å². The Labute approximate surface area is 103 Å². The molecule has 0 amide bonds. The van der Waals surface area contributed by atoms with E-state index in [1.807, 2.05) is 0 Å². The van der Waals surface area contributed by atoms with Crippen LogP contribution in [0.25, 0.3) is 0 Å². The van der Waals surface area contributed by atoms with E-state index in [0.29, 0.717) is 0 Å². The van der Waals surface area contributed by atoms with Gasteiger partial charge in [-0.1, -0.05) is 22.4 Å². The van der Waals surface area contributed by atoms with Crippen molar-refractivity contribution in [3.05, 3.63) is 12.3 Å². The number of nitrogens with zero attached hydrogens (tertiary/aromatic N) is 2. The van der Waals surface area contributed by atoms with Gasteiger partial charge in [0, 0.05) is 17.9 Å². The minimum Gasteiger partial charge on any atom is -0.256 e. The zero-order chi connectivity index (χ0) is 11.8. The summed E-state index contributed by atoms with van der Waals surface area (Å²) in [5.74, 6) is 0. The molecule has 1 aliphatic rings. The fourth-order valence-electron chi connectivity index (χ4n) is 1.93. The van der Waals surface area contributed by atoms with E-state index in [1.165, 1.54) is 16.9 Å². The Bertz CT molecular complexity index is 471. The van der Waals surface area contributed by atoms with Crippen molar-refractivity contribution >= 4 is 26.0 Å². The van der Waals surface area contributed by atoms with Crippen molar-refractivity contribution < 1.29 is 8.42 Å². The molecular formula is C9H14BrN3O2S. The molecule has 1 aromatic heterocycles. The maximum atomic E-state index is 12.0. The first-order valence-corrected chi connectivity index (χ1v) is 7.55. The summed E-state index contributed by atoms with van der Waals surface area (Å²) >= 11 is 3.49. The molecule has 5 nitrogen and oxygen atoms in total. The fraction of sp³-hybridized carbons (Fsp3) is 0.667. The molecule has 90 valence electrons. The van der Waals surface area contributed by atoms with Crippen LogP contribution in [0.5, 0.6) is 0 Å². The Morgan fingerprint density at radius 3 is 2.81 bits per heavy atom. The summed E-state index contributed by atoms with van der Waals surface area (Å²) in [6.07, 6.45) is 4.43. The maximum Gasteiger partial charge on any atom is 0.257 e. The number of halogens is 1. The molecule has 1 aliphatic carbocycles. The molecule has 0 aromatic carbocycles. The first kappa shape index (κ1) is 12.1. The van der Waals surface area contributed by atoms with E-state index >= 15 is 0 Å². The number of sulfonamides is 1. The second-order valence-corrected chi connectivity index (χ2v) is 6.80. The van der Waals surface area contributed by atoms with E-state index < -0.39 is 10.0 Å². The normalized spacial score (nSPS) is 26.1. The van der Waals surface area contributed by atoms with Gasteiger partial charge >= 0.3 is 0 Å². The molecule has 0 radical (unpaired) electrons. The number of alkyl halides is 1. The largest absolute Gasteiger partial charge is 0.257 e. The average Bonchev–Trinajstić information content (AvgIpc) is 2.76. The van der Waals surface area contributed by atoms with Crippen molar-refractivity contribution in [3.63, 3.8) is 0 Å². The van der Waals surface area contributed by atoms with Gasteiger partial charge in [0.15, 0.2) is 5.03 Å². The zero-order valence-corrected chi connectivity index (χ0v) is 11.3. The number of aromatic nitrogens is 2. The van der Waals surface area contributed by atoms with E-state index in [9.17, 15) is 8.42 Å². The summed E-state index contributed by atoms with van der Waals surface area (Å²) in [5.41, 5.74) is 0. The third kappa shape index (κ3) is 2.31. The van der Waals surface area contributed by atoms with Crippen LogP contribution in [-0.2, 0) is 17.1 Å². The molecule has 1 heterocycles. The van der Waals surface area contributed by atoms with Crippen LogP contribution in [-0.4, -0.2) is 29.1 Å². The van der Waals surface area contributed by atoms with Crippen LogP contribution in [0, 0.1) is 0 Å². The number of aryl methyl sites for hydroxylation is 1. The molecule has 2 unspecified atom stereocenters. The van der Waals surface area contributed by atoms with Gasteiger partial charge in [-0.25, -0.2) is 13.1 Å². The van der Waals surface area contributed by atoms with Gasteiger partial charge in [-0.3, -0.25) is 4.68 Å². The van der Waals surface area contributed by atoms with E-state index in [-0.39, 0.29) is 15.9 Å². The predicted molar refractivity (Wildman–Crippen MR) is 63.9 cm³/mol. The zero-order valence-electron chi connectivity index (χ0n) is 8.93. The Morgan fingerprint density at radius 2 is 2.31 bits per heavy atom. The van der Waals surface area contributed by atoms with Crippen molar-refractivity contribution in [2.24, 2.45) is 7.05 Å². The third-order valence-electron chi connectivity index (χ3n) is 2.79. The number of nitrogens with one attached hydrogen (secondary N) is 1. The highest BCUT2D eigenvalue weighted by molar-refractivity contribution is 9.09. The lowest BCUT2D eigenvalue weighted by molar-refractivity contribution is 0.541. The third-order valence-corrected chi connectivity index (χ3v) is 5.45. The lowest BCUT2D eigenvalue weighted by Crippen LogP contribution is -2.38. The molecule has 0 bridgehead atoms. The van der Waals surface area contributed by atoms with E-state index in [2.05, 4.69) is 25.8 Å². The van der Waals surface area contributed by atoms with Crippen LogP contribution < -0.4 is 4.72 Å². The van der Waals surface area contributed by atoms with Gasteiger partial charge < -0.3 is 0 Å². The smallest absolute Gasteiger partial charge is 0.256 e. The molecule has 1 aromatic rings. The predicted octanol–water partition coefficient (Wildman–Crippen LogP) is 1.01. The molecule has 0 spiro atoms. The highest BCUT2D eigenvalue weighted by Gasteiger charge is 2.30. The molecule has 2 rings (SSSR count). The molecule has 1 saturated carbocycles. The van der Waals surface area contributed by atoms with E-state index in [0.717, 1.165) is 19.3 Å². The highest BCUT2D eigenvalue weighted by Crippen LogP contribution is 2.26. The number of hydrogen-bond acceptors (Lipinski definition) is 3. The topological polar surface area (TPSA) is 64.0 Å². The van der Waals surface area contributed by atoms with Crippen molar-refractivity contribution in [3.8, 4) is 0 Å². The second-order valence-electron chi connectivity index (χ2n) is 3.97. The van der Waals surface area contributed by atoms with Crippen LogP contribution in [0.4, 0.5) is 0 Å². The summed E-state index contributed by atoms with van der Waals surface area (Å²) in [4.78, 5) is 0.232.